The molecule has 2 aromatic rings. The van der Waals surface area contributed by atoms with Crippen molar-refractivity contribution in [3.63, 3.8) is 0 Å². The average Bonchev–Trinajstić information content (AvgIpc) is 3.19. The van der Waals surface area contributed by atoms with Gasteiger partial charge in [0.2, 0.25) is 15.9 Å². The van der Waals surface area contributed by atoms with Crippen LogP contribution in [0.4, 0.5) is 5.69 Å². The van der Waals surface area contributed by atoms with Crippen LogP contribution in [0.5, 0.6) is 5.75 Å². The summed E-state index contributed by atoms with van der Waals surface area (Å²) in [6.07, 6.45) is 1.98. The first-order valence-electron chi connectivity index (χ1n) is 9.01. The normalized spacial score (nSPS) is 17.6. The van der Waals surface area contributed by atoms with E-state index in [0.717, 1.165) is 24.2 Å². The van der Waals surface area contributed by atoms with Crippen LogP contribution in [0.25, 0.3) is 0 Å². The second kappa shape index (κ2) is 8.10. The number of sulfonamides is 1. The highest BCUT2D eigenvalue weighted by Gasteiger charge is 2.36. The molecule has 3 rings (SSSR count). The van der Waals surface area contributed by atoms with Crippen molar-refractivity contribution in [2.24, 2.45) is 0 Å². The Bertz CT molecular complexity index is 893. The molecule has 1 N–H and O–H groups in total. The van der Waals surface area contributed by atoms with E-state index in [1.807, 2.05) is 24.3 Å². The van der Waals surface area contributed by atoms with Crippen LogP contribution in [-0.4, -0.2) is 32.3 Å². The molecule has 1 aliphatic rings. The van der Waals surface area contributed by atoms with Gasteiger partial charge in [0.15, 0.2) is 0 Å². The van der Waals surface area contributed by atoms with Crippen molar-refractivity contribution in [1.29, 1.82) is 0 Å². The quantitative estimate of drug-likeness (QED) is 0.821. The molecule has 0 unspecified atom stereocenters. The largest absolute Gasteiger partial charge is 0.497 e. The van der Waals surface area contributed by atoms with E-state index in [9.17, 15) is 13.2 Å². The monoisotopic (exact) mass is 388 g/mol. The molecular formula is C20H24N2O4S. The van der Waals surface area contributed by atoms with Gasteiger partial charge in [-0.15, -0.1) is 0 Å². The molecule has 0 saturated carbocycles. The Kier molecular flexibility index (Phi) is 5.82. The van der Waals surface area contributed by atoms with Gasteiger partial charge in [0.25, 0.3) is 0 Å². The fourth-order valence-corrected chi connectivity index (χ4v) is 4.96. The molecule has 1 fully saturated rings. The van der Waals surface area contributed by atoms with E-state index in [1.165, 1.54) is 0 Å². The van der Waals surface area contributed by atoms with E-state index in [-0.39, 0.29) is 16.8 Å². The van der Waals surface area contributed by atoms with Crippen LogP contribution >= 0.6 is 0 Å². The molecule has 0 bridgehead atoms. The van der Waals surface area contributed by atoms with Gasteiger partial charge in [-0.1, -0.05) is 19.1 Å². The highest BCUT2D eigenvalue weighted by atomic mass is 32.2. The summed E-state index contributed by atoms with van der Waals surface area (Å²) in [5, 5.41) is 2.73. The molecule has 0 spiro atoms. The average molecular weight is 388 g/mol. The van der Waals surface area contributed by atoms with Gasteiger partial charge in [-0.3, -0.25) is 4.79 Å². The fraction of sp³-hybridized carbons (Fsp3) is 0.350. The van der Waals surface area contributed by atoms with Gasteiger partial charge in [-0.2, -0.15) is 4.31 Å². The van der Waals surface area contributed by atoms with Gasteiger partial charge in [-0.25, -0.2) is 8.42 Å². The lowest BCUT2D eigenvalue weighted by Gasteiger charge is -2.24. The van der Waals surface area contributed by atoms with E-state index in [2.05, 4.69) is 5.32 Å². The van der Waals surface area contributed by atoms with Gasteiger partial charge in [-0.05, 0) is 54.8 Å². The highest BCUT2D eigenvalue weighted by Crippen LogP contribution is 2.37. The Labute approximate surface area is 160 Å². The van der Waals surface area contributed by atoms with Crippen LogP contribution in [-0.2, 0) is 14.8 Å². The smallest absolute Gasteiger partial charge is 0.243 e. The summed E-state index contributed by atoms with van der Waals surface area (Å²) < 4.78 is 33.0. The summed E-state index contributed by atoms with van der Waals surface area (Å²) in [5.74, 6) is 0.639. The molecular weight excluding hydrogens is 364 g/mol. The first kappa shape index (κ1) is 19.4. The van der Waals surface area contributed by atoms with E-state index < -0.39 is 10.0 Å². The second-order valence-corrected chi connectivity index (χ2v) is 8.36. The lowest BCUT2D eigenvalue weighted by molar-refractivity contribution is -0.115. The number of carbonyl (C=O) groups is 1. The minimum Gasteiger partial charge on any atom is -0.497 e. The molecule has 1 saturated heterocycles. The maximum absolute atomic E-state index is 13.1. The van der Waals surface area contributed by atoms with Gasteiger partial charge in [0, 0.05) is 18.7 Å². The predicted molar refractivity (Wildman–Crippen MR) is 104 cm³/mol. The van der Waals surface area contributed by atoms with Crippen molar-refractivity contribution in [3.8, 4) is 5.75 Å². The van der Waals surface area contributed by atoms with Crippen LogP contribution in [0.3, 0.4) is 0 Å². The molecule has 0 aromatic heterocycles. The maximum Gasteiger partial charge on any atom is 0.243 e. The summed E-state index contributed by atoms with van der Waals surface area (Å²) in [7, 11) is -2.01. The number of hydrogen-bond acceptors (Lipinski definition) is 4. The van der Waals surface area contributed by atoms with Crippen molar-refractivity contribution >= 4 is 21.6 Å². The molecule has 144 valence electrons. The molecule has 2 aromatic carbocycles. The number of amides is 1. The minimum atomic E-state index is -3.61. The molecule has 27 heavy (non-hydrogen) atoms. The number of methoxy groups -OCH3 is 1. The van der Waals surface area contributed by atoms with Crippen molar-refractivity contribution in [2.45, 2.75) is 37.1 Å². The van der Waals surface area contributed by atoms with Crippen molar-refractivity contribution in [3.05, 3.63) is 54.1 Å². The summed E-state index contributed by atoms with van der Waals surface area (Å²) in [6.45, 7) is 2.26. The standard InChI is InChI=1S/C20H24N2O4S/c1-3-20(23)21-16-8-12-18(13-9-16)27(24,25)22-14-4-5-19(22)15-6-10-17(26-2)11-7-15/h6-13,19H,3-5,14H2,1-2H3,(H,21,23)/t19-/m0/s1. The van der Waals surface area contributed by atoms with Crippen LogP contribution in [0.2, 0.25) is 0 Å². The number of nitrogens with one attached hydrogen (secondary N) is 1. The number of benzene rings is 2. The number of hydrogen-bond donors (Lipinski definition) is 1. The first-order valence-corrected chi connectivity index (χ1v) is 10.5. The fourth-order valence-electron chi connectivity index (χ4n) is 3.28. The van der Waals surface area contributed by atoms with E-state index in [0.29, 0.717) is 18.7 Å². The van der Waals surface area contributed by atoms with Gasteiger partial charge >= 0.3 is 0 Å². The van der Waals surface area contributed by atoms with Crippen LogP contribution < -0.4 is 10.1 Å². The number of rotatable bonds is 6. The van der Waals surface area contributed by atoms with Crippen LogP contribution in [0.15, 0.2) is 53.4 Å². The molecule has 1 amide bonds. The van der Waals surface area contributed by atoms with E-state index in [4.69, 9.17) is 4.74 Å². The Morgan fingerprint density at radius 2 is 1.81 bits per heavy atom. The van der Waals surface area contributed by atoms with Crippen LogP contribution in [0, 0.1) is 0 Å². The number of anilines is 1. The van der Waals surface area contributed by atoms with Crippen molar-refractivity contribution in [2.75, 3.05) is 19.0 Å². The summed E-state index contributed by atoms with van der Waals surface area (Å²) >= 11 is 0. The zero-order valence-electron chi connectivity index (χ0n) is 15.5. The topological polar surface area (TPSA) is 75.7 Å². The SMILES string of the molecule is CCC(=O)Nc1ccc(S(=O)(=O)N2CCC[C@H]2c2ccc(OC)cc2)cc1. The first-order chi connectivity index (χ1) is 13.0. The third-order valence-electron chi connectivity index (χ3n) is 4.77. The highest BCUT2D eigenvalue weighted by molar-refractivity contribution is 7.89. The minimum absolute atomic E-state index is 0.107. The molecule has 6 nitrogen and oxygen atoms in total. The lowest BCUT2D eigenvalue weighted by Crippen LogP contribution is -2.30. The molecule has 0 radical (unpaired) electrons. The predicted octanol–water partition coefficient (Wildman–Crippen LogP) is 3.57. The lowest BCUT2D eigenvalue weighted by atomic mass is 10.1. The summed E-state index contributed by atoms with van der Waals surface area (Å²) in [6, 6.07) is 13.7. The molecule has 7 heteroatoms. The summed E-state index contributed by atoms with van der Waals surface area (Å²) in [4.78, 5) is 11.7. The molecule has 0 aliphatic carbocycles. The second-order valence-electron chi connectivity index (χ2n) is 6.47. The zero-order chi connectivity index (χ0) is 19.4. The Morgan fingerprint density at radius 1 is 1.15 bits per heavy atom. The molecule has 1 aliphatic heterocycles. The molecule has 1 heterocycles. The Hall–Kier alpha value is -2.38. The Morgan fingerprint density at radius 3 is 2.41 bits per heavy atom. The maximum atomic E-state index is 13.1. The van der Waals surface area contributed by atoms with Gasteiger partial charge < -0.3 is 10.1 Å². The number of ether oxygens (including phenoxy) is 1. The zero-order valence-corrected chi connectivity index (χ0v) is 16.3. The van der Waals surface area contributed by atoms with Gasteiger partial charge in [0.1, 0.15) is 5.75 Å². The third kappa shape index (κ3) is 4.14. The molecule has 1 atom stereocenters. The number of nitrogens with zero attached hydrogens (tertiary/aromatic N) is 1. The third-order valence-corrected chi connectivity index (χ3v) is 6.69. The number of carbonyl (C=O) groups excluding carboxylic acids is 1. The van der Waals surface area contributed by atoms with Gasteiger partial charge in [0.05, 0.1) is 18.0 Å². The Balaban J connectivity index is 1.83. The van der Waals surface area contributed by atoms with Crippen molar-refractivity contribution in [1.82, 2.24) is 4.31 Å². The van der Waals surface area contributed by atoms with Crippen LogP contribution in [0.1, 0.15) is 37.8 Å². The summed E-state index contributed by atoms with van der Waals surface area (Å²) in [5.41, 5.74) is 1.55. The van der Waals surface area contributed by atoms with Crippen molar-refractivity contribution < 1.29 is 17.9 Å². The van der Waals surface area contributed by atoms with E-state index >= 15 is 0 Å². The van der Waals surface area contributed by atoms with E-state index in [1.54, 1.807) is 42.6 Å².